The molecule has 2 N–H and O–H groups in total. The van der Waals surface area contributed by atoms with E-state index in [-0.39, 0.29) is 6.61 Å². The van der Waals surface area contributed by atoms with Crippen molar-refractivity contribution >= 4 is 7.82 Å². The highest BCUT2D eigenvalue weighted by Gasteiger charge is 2.13. The molecule has 0 unspecified atom stereocenters. The molecule has 4 nitrogen and oxygen atoms in total. The summed E-state index contributed by atoms with van der Waals surface area (Å²) in [6, 6.07) is 21.6. The van der Waals surface area contributed by atoms with E-state index in [0.29, 0.717) is 12.3 Å². The number of unbranched alkanes of at least 4 members (excludes halogenated alkanes) is 8. The molecule has 0 fully saturated rings. The molecule has 0 spiro atoms. The lowest BCUT2D eigenvalue weighted by atomic mass is 9.87. The van der Waals surface area contributed by atoms with Gasteiger partial charge in [0.2, 0.25) is 0 Å². The van der Waals surface area contributed by atoms with Gasteiger partial charge in [0.05, 0.1) is 6.61 Å². The summed E-state index contributed by atoms with van der Waals surface area (Å²) in [5.74, 6) is 0.479. The van der Waals surface area contributed by atoms with Crippen LogP contribution in [0.5, 0.6) is 0 Å². The Hall–Kier alpha value is -1.45. The first-order valence-corrected chi connectivity index (χ1v) is 12.4. The second kappa shape index (κ2) is 13.7. The zero-order valence-corrected chi connectivity index (χ0v) is 18.2. The zero-order chi connectivity index (χ0) is 20.8. The molecule has 0 aliphatic carbocycles. The normalized spacial score (nSPS) is 11.8. The fourth-order valence-corrected chi connectivity index (χ4v) is 4.13. The molecule has 2 aromatic carbocycles. The van der Waals surface area contributed by atoms with Crippen LogP contribution in [0, 0.1) is 0 Å². The Bertz CT molecular complexity index is 660. The second-order valence-corrected chi connectivity index (χ2v) is 8.91. The molecule has 160 valence electrons. The van der Waals surface area contributed by atoms with Gasteiger partial charge in [0.1, 0.15) is 0 Å². The summed E-state index contributed by atoms with van der Waals surface area (Å²) in [4.78, 5) is 17.2. The largest absolute Gasteiger partial charge is 0.469 e. The maximum absolute atomic E-state index is 10.6. The minimum atomic E-state index is -4.29. The monoisotopic (exact) mass is 418 g/mol. The number of phosphoric ester groups is 1. The van der Waals surface area contributed by atoms with E-state index in [1.165, 1.54) is 56.1 Å². The zero-order valence-electron chi connectivity index (χ0n) is 17.3. The van der Waals surface area contributed by atoms with Crippen molar-refractivity contribution in [1.82, 2.24) is 0 Å². The third kappa shape index (κ3) is 10.8. The average Bonchev–Trinajstić information content (AvgIpc) is 2.72. The number of phosphoric acid groups is 1. The van der Waals surface area contributed by atoms with Gasteiger partial charge in [0.25, 0.3) is 0 Å². The van der Waals surface area contributed by atoms with Crippen LogP contribution >= 0.6 is 7.82 Å². The molecular formula is C24H35O4P. The number of rotatable bonds is 15. The molecule has 0 atom stereocenters. The van der Waals surface area contributed by atoms with Gasteiger partial charge in [-0.15, -0.1) is 0 Å². The Kier molecular flexibility index (Phi) is 11.3. The van der Waals surface area contributed by atoms with Gasteiger partial charge in [-0.1, -0.05) is 112 Å². The van der Waals surface area contributed by atoms with Gasteiger partial charge >= 0.3 is 7.82 Å². The van der Waals surface area contributed by atoms with E-state index >= 15 is 0 Å². The van der Waals surface area contributed by atoms with Crippen molar-refractivity contribution in [3.05, 3.63) is 71.8 Å². The Morgan fingerprint density at radius 2 is 1.07 bits per heavy atom. The van der Waals surface area contributed by atoms with E-state index in [2.05, 4.69) is 65.2 Å². The fourth-order valence-electron chi connectivity index (χ4n) is 3.77. The van der Waals surface area contributed by atoms with Gasteiger partial charge in [0, 0.05) is 5.92 Å². The minimum Gasteiger partial charge on any atom is -0.303 e. The molecule has 0 aliphatic rings. The highest BCUT2D eigenvalue weighted by atomic mass is 31.2. The van der Waals surface area contributed by atoms with Crippen LogP contribution in [0.25, 0.3) is 0 Å². The first-order valence-electron chi connectivity index (χ1n) is 10.9. The van der Waals surface area contributed by atoms with Gasteiger partial charge in [-0.2, -0.15) is 0 Å². The summed E-state index contributed by atoms with van der Waals surface area (Å²) >= 11 is 0. The van der Waals surface area contributed by atoms with E-state index in [1.807, 2.05) is 0 Å². The molecule has 0 aromatic heterocycles. The Balaban J connectivity index is 1.56. The summed E-state index contributed by atoms with van der Waals surface area (Å²) in [6.07, 6.45) is 11.5. The van der Waals surface area contributed by atoms with Crippen molar-refractivity contribution < 1.29 is 18.9 Å². The van der Waals surface area contributed by atoms with E-state index in [4.69, 9.17) is 9.79 Å². The van der Waals surface area contributed by atoms with Crippen molar-refractivity contribution in [2.45, 2.75) is 70.1 Å². The van der Waals surface area contributed by atoms with Crippen molar-refractivity contribution in [2.75, 3.05) is 6.61 Å². The minimum absolute atomic E-state index is 0.147. The molecule has 0 aliphatic heterocycles. The molecule has 29 heavy (non-hydrogen) atoms. The maximum atomic E-state index is 10.6. The van der Waals surface area contributed by atoms with Gasteiger partial charge < -0.3 is 9.79 Å². The van der Waals surface area contributed by atoms with Gasteiger partial charge in [0.15, 0.2) is 0 Å². The van der Waals surface area contributed by atoms with Crippen molar-refractivity contribution in [1.29, 1.82) is 0 Å². The highest BCUT2D eigenvalue weighted by Crippen LogP contribution is 2.35. The van der Waals surface area contributed by atoms with Crippen LogP contribution in [0.15, 0.2) is 60.7 Å². The summed E-state index contributed by atoms with van der Waals surface area (Å²) in [6.45, 7) is 0.147. The number of hydrogen-bond acceptors (Lipinski definition) is 2. The van der Waals surface area contributed by atoms with E-state index in [1.54, 1.807) is 0 Å². The first-order chi connectivity index (χ1) is 14.1. The Labute approximate surface area is 175 Å². The molecule has 5 heteroatoms. The van der Waals surface area contributed by atoms with Crippen molar-refractivity contribution in [3.63, 3.8) is 0 Å². The van der Waals surface area contributed by atoms with Gasteiger partial charge in [-0.3, -0.25) is 4.52 Å². The topological polar surface area (TPSA) is 66.8 Å². The molecule has 0 bridgehead atoms. The average molecular weight is 419 g/mol. The van der Waals surface area contributed by atoms with Crippen LogP contribution < -0.4 is 0 Å². The van der Waals surface area contributed by atoms with Crippen molar-refractivity contribution in [2.24, 2.45) is 0 Å². The van der Waals surface area contributed by atoms with Crippen LogP contribution in [0.4, 0.5) is 0 Å². The van der Waals surface area contributed by atoms with Crippen LogP contribution in [-0.4, -0.2) is 16.4 Å². The van der Waals surface area contributed by atoms with Crippen LogP contribution in [-0.2, 0) is 9.09 Å². The fraction of sp³-hybridized carbons (Fsp3) is 0.500. The smallest absolute Gasteiger partial charge is 0.303 e. The number of hydrogen-bond donors (Lipinski definition) is 2. The van der Waals surface area contributed by atoms with Crippen LogP contribution in [0.3, 0.4) is 0 Å². The van der Waals surface area contributed by atoms with Gasteiger partial charge in [-0.05, 0) is 24.0 Å². The van der Waals surface area contributed by atoms with E-state index in [0.717, 1.165) is 12.8 Å². The second-order valence-electron chi connectivity index (χ2n) is 7.67. The number of benzene rings is 2. The molecular weight excluding hydrogens is 383 g/mol. The molecule has 0 radical (unpaired) electrons. The van der Waals surface area contributed by atoms with Crippen LogP contribution in [0.2, 0.25) is 0 Å². The molecule has 0 amide bonds. The predicted molar refractivity (Wildman–Crippen MR) is 119 cm³/mol. The quantitative estimate of drug-likeness (QED) is 0.246. The van der Waals surface area contributed by atoms with E-state index in [9.17, 15) is 4.57 Å². The summed E-state index contributed by atoms with van der Waals surface area (Å²) in [7, 11) is -4.29. The van der Waals surface area contributed by atoms with Gasteiger partial charge in [-0.25, -0.2) is 4.57 Å². The molecule has 2 rings (SSSR count). The molecule has 2 aromatic rings. The third-order valence-electron chi connectivity index (χ3n) is 5.30. The van der Waals surface area contributed by atoms with Crippen LogP contribution in [0.1, 0.15) is 81.3 Å². The first kappa shape index (κ1) is 23.8. The lowest BCUT2D eigenvalue weighted by Crippen LogP contribution is -2.01. The Morgan fingerprint density at radius 1 is 0.655 bits per heavy atom. The van der Waals surface area contributed by atoms with Crippen molar-refractivity contribution in [3.8, 4) is 0 Å². The molecule has 0 saturated carbocycles. The lowest BCUT2D eigenvalue weighted by Gasteiger charge is -2.18. The molecule has 0 heterocycles. The lowest BCUT2D eigenvalue weighted by molar-refractivity contribution is 0.193. The molecule has 0 saturated heterocycles. The van der Waals surface area contributed by atoms with E-state index < -0.39 is 7.82 Å². The summed E-state index contributed by atoms with van der Waals surface area (Å²) in [5, 5.41) is 0. The third-order valence-corrected chi connectivity index (χ3v) is 5.82. The summed E-state index contributed by atoms with van der Waals surface area (Å²) in [5.41, 5.74) is 2.81. The maximum Gasteiger partial charge on any atom is 0.469 e. The standard InChI is InChI=1S/C24H35O4P/c25-29(26,27)28-21-15-7-5-3-1-2-4-6-14-20-24(22-16-10-8-11-17-22)23-18-12-9-13-19-23/h8-13,16-19,24H,1-7,14-15,20-21H2,(H2,25,26,27). The summed E-state index contributed by atoms with van der Waals surface area (Å²) < 4.78 is 15.0. The Morgan fingerprint density at radius 3 is 1.52 bits per heavy atom. The SMILES string of the molecule is O=P(O)(O)OCCCCCCCCCCCC(c1ccccc1)c1ccccc1. The highest BCUT2D eigenvalue weighted by molar-refractivity contribution is 7.46. The predicted octanol–water partition coefficient (Wildman–Crippen LogP) is 6.83.